The number of hydrogen-bond donors (Lipinski definition) is 0. The van der Waals surface area contributed by atoms with E-state index < -0.39 is 0 Å². The van der Waals surface area contributed by atoms with E-state index in [2.05, 4.69) is 21.8 Å². The monoisotopic (exact) mass is 225 g/mol. The van der Waals surface area contributed by atoms with Crippen LogP contribution in [0.3, 0.4) is 0 Å². The van der Waals surface area contributed by atoms with Gasteiger partial charge >= 0.3 is 0 Å². The highest BCUT2D eigenvalue weighted by molar-refractivity contribution is 6.16. The molecule has 2 heterocycles. The molecule has 0 N–H and O–H groups in total. The Morgan fingerprint density at radius 1 is 1.33 bits per heavy atom. The fourth-order valence-electron chi connectivity index (χ4n) is 1.82. The maximum Gasteiger partial charge on any atom is 0.147 e. The molecule has 1 aliphatic heterocycles. The summed E-state index contributed by atoms with van der Waals surface area (Å²) in [7, 11) is 0. The first kappa shape index (κ1) is 10.7. The molecule has 0 aliphatic carbocycles. The number of hydrogen-bond acceptors (Lipinski definition) is 3. The van der Waals surface area contributed by atoms with E-state index in [9.17, 15) is 0 Å². The van der Waals surface area contributed by atoms with Gasteiger partial charge in [-0.15, -0.1) is 11.6 Å². The van der Waals surface area contributed by atoms with Gasteiger partial charge in [0.15, 0.2) is 0 Å². The van der Waals surface area contributed by atoms with Crippen molar-refractivity contribution in [1.82, 2.24) is 9.97 Å². The molecule has 0 radical (unpaired) electrons. The minimum absolute atomic E-state index is 0.435. The first-order chi connectivity index (χ1) is 7.29. The predicted octanol–water partition coefficient (Wildman–Crippen LogP) is 2.45. The molecule has 1 saturated heterocycles. The number of halogens is 1. The topological polar surface area (TPSA) is 29.0 Å². The van der Waals surface area contributed by atoms with E-state index in [4.69, 9.17) is 11.6 Å². The Bertz CT molecular complexity index is 304. The highest BCUT2D eigenvalue weighted by Crippen LogP contribution is 2.20. The SMILES string of the molecule is CC1CCN(c2cnc(CCl)cn2)CC1. The van der Waals surface area contributed by atoms with Gasteiger partial charge in [-0.05, 0) is 18.8 Å². The largest absolute Gasteiger partial charge is 0.355 e. The summed E-state index contributed by atoms with van der Waals surface area (Å²) in [5.41, 5.74) is 0.839. The smallest absolute Gasteiger partial charge is 0.147 e. The summed E-state index contributed by atoms with van der Waals surface area (Å²) >= 11 is 5.67. The fraction of sp³-hybridized carbons (Fsp3) is 0.636. The van der Waals surface area contributed by atoms with E-state index in [-0.39, 0.29) is 0 Å². The average molecular weight is 226 g/mol. The van der Waals surface area contributed by atoms with Crippen LogP contribution in [0.4, 0.5) is 5.82 Å². The zero-order valence-electron chi connectivity index (χ0n) is 8.99. The molecule has 0 atom stereocenters. The normalized spacial score (nSPS) is 18.1. The van der Waals surface area contributed by atoms with Crippen molar-refractivity contribution in [3.05, 3.63) is 18.1 Å². The third-order valence-electron chi connectivity index (χ3n) is 2.94. The molecular formula is C11H16ClN3. The summed E-state index contributed by atoms with van der Waals surface area (Å²) in [4.78, 5) is 10.9. The van der Waals surface area contributed by atoms with Gasteiger partial charge in [-0.1, -0.05) is 6.92 Å². The Morgan fingerprint density at radius 3 is 2.60 bits per heavy atom. The van der Waals surface area contributed by atoms with Crippen LogP contribution in [0.1, 0.15) is 25.5 Å². The highest BCUT2D eigenvalue weighted by Gasteiger charge is 2.16. The molecule has 0 amide bonds. The Kier molecular flexibility index (Phi) is 3.41. The van der Waals surface area contributed by atoms with Crippen LogP contribution < -0.4 is 4.90 Å². The maximum absolute atomic E-state index is 5.67. The van der Waals surface area contributed by atoms with Crippen molar-refractivity contribution < 1.29 is 0 Å². The Morgan fingerprint density at radius 2 is 2.07 bits per heavy atom. The molecule has 0 aromatic carbocycles. The zero-order valence-corrected chi connectivity index (χ0v) is 9.74. The van der Waals surface area contributed by atoms with E-state index in [0.29, 0.717) is 5.88 Å². The predicted molar refractivity (Wildman–Crippen MR) is 62.2 cm³/mol. The van der Waals surface area contributed by atoms with Gasteiger partial charge in [0.2, 0.25) is 0 Å². The van der Waals surface area contributed by atoms with Crippen molar-refractivity contribution in [3.8, 4) is 0 Å². The van der Waals surface area contributed by atoms with Gasteiger partial charge < -0.3 is 4.90 Å². The number of piperidine rings is 1. The Balaban J connectivity index is 2.03. The second kappa shape index (κ2) is 4.79. The van der Waals surface area contributed by atoms with E-state index in [1.165, 1.54) is 12.8 Å². The molecule has 1 fully saturated rings. The van der Waals surface area contributed by atoms with Crippen molar-refractivity contribution in [2.24, 2.45) is 5.92 Å². The number of nitrogens with zero attached hydrogens (tertiary/aromatic N) is 3. The lowest BCUT2D eigenvalue weighted by Crippen LogP contribution is -2.33. The van der Waals surface area contributed by atoms with Crippen molar-refractivity contribution in [2.75, 3.05) is 18.0 Å². The molecule has 4 heteroatoms. The lowest BCUT2D eigenvalue weighted by molar-refractivity contribution is 0.436. The van der Waals surface area contributed by atoms with Crippen LogP contribution in [0, 0.1) is 5.92 Å². The second-order valence-electron chi connectivity index (χ2n) is 4.17. The fourth-order valence-corrected chi connectivity index (χ4v) is 1.96. The quantitative estimate of drug-likeness (QED) is 0.724. The number of rotatable bonds is 2. The molecule has 82 valence electrons. The molecule has 1 aromatic heterocycles. The first-order valence-electron chi connectivity index (χ1n) is 5.41. The van der Waals surface area contributed by atoms with Crippen LogP contribution in [0.25, 0.3) is 0 Å². The lowest BCUT2D eigenvalue weighted by Gasteiger charge is -2.30. The van der Waals surface area contributed by atoms with Gasteiger partial charge in [-0.3, -0.25) is 4.98 Å². The van der Waals surface area contributed by atoms with Gasteiger partial charge in [-0.2, -0.15) is 0 Å². The molecule has 3 nitrogen and oxygen atoms in total. The van der Waals surface area contributed by atoms with E-state index in [0.717, 1.165) is 30.5 Å². The molecule has 2 rings (SSSR count). The first-order valence-corrected chi connectivity index (χ1v) is 5.95. The molecule has 0 saturated carbocycles. The van der Waals surface area contributed by atoms with Gasteiger partial charge in [-0.25, -0.2) is 4.98 Å². The Labute approximate surface area is 95.5 Å². The number of anilines is 1. The van der Waals surface area contributed by atoms with Crippen molar-refractivity contribution in [2.45, 2.75) is 25.6 Å². The second-order valence-corrected chi connectivity index (χ2v) is 4.44. The van der Waals surface area contributed by atoms with Crippen LogP contribution >= 0.6 is 11.6 Å². The van der Waals surface area contributed by atoms with Crippen LogP contribution in [0.2, 0.25) is 0 Å². The third-order valence-corrected chi connectivity index (χ3v) is 3.21. The van der Waals surface area contributed by atoms with Crippen molar-refractivity contribution >= 4 is 17.4 Å². The third kappa shape index (κ3) is 2.59. The van der Waals surface area contributed by atoms with E-state index in [1.807, 2.05) is 6.20 Å². The van der Waals surface area contributed by atoms with Gasteiger partial charge in [0.05, 0.1) is 24.0 Å². The van der Waals surface area contributed by atoms with Crippen molar-refractivity contribution in [1.29, 1.82) is 0 Å². The van der Waals surface area contributed by atoms with Gasteiger partial charge in [0, 0.05) is 13.1 Å². The van der Waals surface area contributed by atoms with E-state index >= 15 is 0 Å². The molecule has 0 bridgehead atoms. The minimum atomic E-state index is 0.435. The molecule has 0 spiro atoms. The van der Waals surface area contributed by atoms with Crippen LogP contribution in [0.15, 0.2) is 12.4 Å². The molecule has 1 aliphatic rings. The summed E-state index contributed by atoms with van der Waals surface area (Å²) in [5, 5.41) is 0. The van der Waals surface area contributed by atoms with Crippen LogP contribution in [-0.2, 0) is 5.88 Å². The molecular weight excluding hydrogens is 210 g/mol. The van der Waals surface area contributed by atoms with Gasteiger partial charge in [0.1, 0.15) is 5.82 Å². The Hall–Kier alpha value is -0.830. The zero-order chi connectivity index (χ0) is 10.7. The van der Waals surface area contributed by atoms with Crippen LogP contribution in [0.5, 0.6) is 0 Å². The average Bonchev–Trinajstić information content (AvgIpc) is 2.30. The maximum atomic E-state index is 5.67. The number of aromatic nitrogens is 2. The summed E-state index contributed by atoms with van der Waals surface area (Å²) in [6.07, 6.45) is 6.09. The summed E-state index contributed by atoms with van der Waals surface area (Å²) < 4.78 is 0. The molecule has 0 unspecified atom stereocenters. The molecule has 1 aromatic rings. The highest BCUT2D eigenvalue weighted by atomic mass is 35.5. The number of alkyl halides is 1. The standard InChI is InChI=1S/C11H16ClN3/c1-9-2-4-15(5-3-9)11-8-13-10(6-12)7-14-11/h7-9H,2-6H2,1H3. The lowest BCUT2D eigenvalue weighted by atomic mass is 9.99. The van der Waals surface area contributed by atoms with Crippen molar-refractivity contribution in [3.63, 3.8) is 0 Å². The summed E-state index contributed by atoms with van der Waals surface area (Å²) in [6, 6.07) is 0. The minimum Gasteiger partial charge on any atom is -0.355 e. The summed E-state index contributed by atoms with van der Waals surface area (Å²) in [6.45, 7) is 4.49. The summed E-state index contributed by atoms with van der Waals surface area (Å²) in [5.74, 6) is 2.26. The van der Waals surface area contributed by atoms with Gasteiger partial charge in [0.25, 0.3) is 0 Å². The van der Waals surface area contributed by atoms with E-state index in [1.54, 1.807) is 6.20 Å². The van der Waals surface area contributed by atoms with Crippen LogP contribution in [-0.4, -0.2) is 23.1 Å². The molecule has 15 heavy (non-hydrogen) atoms.